The highest BCUT2D eigenvalue weighted by Crippen LogP contribution is 2.24. The average molecular weight is 437 g/mol. The Labute approximate surface area is 183 Å². The summed E-state index contributed by atoms with van der Waals surface area (Å²) in [5, 5.41) is 12.0. The van der Waals surface area contributed by atoms with Gasteiger partial charge in [0.25, 0.3) is 0 Å². The molecule has 0 bridgehead atoms. The van der Waals surface area contributed by atoms with Crippen LogP contribution in [0.5, 0.6) is 0 Å². The monoisotopic (exact) mass is 436 g/mol. The number of rotatable bonds is 7. The molecule has 0 aliphatic carbocycles. The Morgan fingerprint density at radius 3 is 2.52 bits per heavy atom. The maximum Gasteiger partial charge on any atom is 0.231 e. The van der Waals surface area contributed by atoms with Crippen LogP contribution in [0.25, 0.3) is 11.4 Å². The van der Waals surface area contributed by atoms with E-state index in [1.807, 2.05) is 55.2 Å². The first kappa shape index (κ1) is 20.8. The Morgan fingerprint density at radius 2 is 1.84 bits per heavy atom. The standard InChI is InChI=1S/C22H21FN6OS/c1-28-13-12-24-21(28)19(15-6-4-3-5-7-15)25-18(30)14-31-22-27-26-20(29(22)2)16-8-10-17(23)11-9-16/h3-13,19H,14H2,1-2H3,(H,25,30). The van der Waals surface area contributed by atoms with Crippen molar-refractivity contribution in [1.82, 2.24) is 29.6 Å². The molecule has 0 aliphatic heterocycles. The van der Waals surface area contributed by atoms with Gasteiger partial charge in [-0.2, -0.15) is 0 Å². The number of benzene rings is 2. The van der Waals surface area contributed by atoms with E-state index in [-0.39, 0.29) is 23.5 Å². The van der Waals surface area contributed by atoms with E-state index in [9.17, 15) is 9.18 Å². The molecule has 0 aliphatic rings. The first-order chi connectivity index (χ1) is 15.0. The SMILES string of the molecule is Cn1ccnc1C(NC(=O)CSc1nnc(-c2ccc(F)cc2)n1C)c1ccccc1. The van der Waals surface area contributed by atoms with Crippen molar-refractivity contribution in [3.8, 4) is 11.4 Å². The number of imidazole rings is 1. The highest BCUT2D eigenvalue weighted by molar-refractivity contribution is 7.99. The Morgan fingerprint density at radius 1 is 1.10 bits per heavy atom. The number of amides is 1. The van der Waals surface area contributed by atoms with Gasteiger partial charge in [-0.1, -0.05) is 42.1 Å². The number of halogens is 1. The smallest absolute Gasteiger partial charge is 0.231 e. The topological polar surface area (TPSA) is 77.6 Å². The van der Waals surface area contributed by atoms with Gasteiger partial charge < -0.3 is 14.5 Å². The molecule has 4 aromatic rings. The summed E-state index contributed by atoms with van der Waals surface area (Å²) in [6.45, 7) is 0. The number of aromatic nitrogens is 5. The summed E-state index contributed by atoms with van der Waals surface area (Å²) in [7, 11) is 3.72. The van der Waals surface area contributed by atoms with Crippen LogP contribution in [0, 0.1) is 5.82 Å². The molecule has 1 N–H and O–H groups in total. The van der Waals surface area contributed by atoms with E-state index in [4.69, 9.17) is 0 Å². The average Bonchev–Trinajstić information content (AvgIpc) is 3.37. The molecule has 1 unspecified atom stereocenters. The summed E-state index contributed by atoms with van der Waals surface area (Å²) in [5.41, 5.74) is 1.71. The number of hydrogen-bond acceptors (Lipinski definition) is 5. The molecular weight excluding hydrogens is 415 g/mol. The third-order valence-electron chi connectivity index (χ3n) is 4.82. The third kappa shape index (κ3) is 4.66. The minimum Gasteiger partial charge on any atom is -0.341 e. The van der Waals surface area contributed by atoms with Gasteiger partial charge in [0.15, 0.2) is 11.0 Å². The zero-order valence-corrected chi connectivity index (χ0v) is 17.9. The van der Waals surface area contributed by atoms with Crippen LogP contribution < -0.4 is 5.32 Å². The lowest BCUT2D eigenvalue weighted by molar-refractivity contribution is -0.119. The molecule has 2 aromatic heterocycles. The van der Waals surface area contributed by atoms with Crippen molar-refractivity contribution < 1.29 is 9.18 Å². The van der Waals surface area contributed by atoms with Gasteiger partial charge in [-0.05, 0) is 29.8 Å². The second-order valence-electron chi connectivity index (χ2n) is 6.97. The summed E-state index contributed by atoms with van der Waals surface area (Å²) in [6.07, 6.45) is 3.56. The maximum atomic E-state index is 13.2. The van der Waals surface area contributed by atoms with Crippen molar-refractivity contribution in [2.24, 2.45) is 14.1 Å². The Balaban J connectivity index is 1.46. The van der Waals surface area contributed by atoms with Crippen LogP contribution in [0.3, 0.4) is 0 Å². The van der Waals surface area contributed by atoms with E-state index < -0.39 is 0 Å². The molecule has 31 heavy (non-hydrogen) atoms. The molecule has 158 valence electrons. The molecule has 9 heteroatoms. The number of hydrogen-bond donors (Lipinski definition) is 1. The van der Waals surface area contributed by atoms with Gasteiger partial charge >= 0.3 is 0 Å². The van der Waals surface area contributed by atoms with Crippen LogP contribution in [0.1, 0.15) is 17.4 Å². The van der Waals surface area contributed by atoms with Gasteiger partial charge in [0.1, 0.15) is 17.7 Å². The molecule has 0 radical (unpaired) electrons. The van der Waals surface area contributed by atoms with E-state index in [1.54, 1.807) is 22.9 Å². The summed E-state index contributed by atoms with van der Waals surface area (Å²) in [5.74, 6) is 1.08. The molecule has 1 amide bonds. The third-order valence-corrected chi connectivity index (χ3v) is 5.84. The highest BCUT2D eigenvalue weighted by Gasteiger charge is 2.21. The molecule has 2 heterocycles. The van der Waals surface area contributed by atoms with E-state index in [0.717, 1.165) is 17.0 Å². The molecule has 0 saturated heterocycles. The quantitative estimate of drug-likeness (QED) is 0.450. The predicted octanol–water partition coefficient (Wildman–Crippen LogP) is 3.35. The lowest BCUT2D eigenvalue weighted by Gasteiger charge is -2.19. The fraction of sp³-hybridized carbons (Fsp3) is 0.182. The fourth-order valence-corrected chi connectivity index (χ4v) is 3.94. The van der Waals surface area contributed by atoms with Gasteiger partial charge in [0.05, 0.1) is 5.75 Å². The van der Waals surface area contributed by atoms with E-state index in [1.165, 1.54) is 23.9 Å². The lowest BCUT2D eigenvalue weighted by Crippen LogP contribution is -2.32. The molecule has 0 fully saturated rings. The number of carbonyl (C=O) groups is 1. The highest BCUT2D eigenvalue weighted by atomic mass is 32.2. The van der Waals surface area contributed by atoms with Crippen molar-refractivity contribution in [1.29, 1.82) is 0 Å². The van der Waals surface area contributed by atoms with Gasteiger partial charge in [-0.25, -0.2) is 9.37 Å². The Hall–Kier alpha value is -3.46. The van der Waals surface area contributed by atoms with Crippen LogP contribution in [0.2, 0.25) is 0 Å². The molecule has 1 atom stereocenters. The van der Waals surface area contributed by atoms with Gasteiger partial charge in [-0.3, -0.25) is 4.79 Å². The van der Waals surface area contributed by atoms with Crippen molar-refractivity contribution in [3.05, 3.63) is 84.2 Å². The number of aryl methyl sites for hydroxylation is 1. The van der Waals surface area contributed by atoms with Crippen LogP contribution in [0.4, 0.5) is 4.39 Å². The summed E-state index contributed by atoms with van der Waals surface area (Å²) >= 11 is 1.29. The lowest BCUT2D eigenvalue weighted by atomic mass is 10.1. The minimum absolute atomic E-state index is 0.145. The number of nitrogens with zero attached hydrogens (tertiary/aromatic N) is 5. The normalized spacial score (nSPS) is 12.0. The van der Waals surface area contributed by atoms with Crippen LogP contribution in [-0.2, 0) is 18.9 Å². The van der Waals surface area contributed by atoms with Crippen molar-refractivity contribution in [2.75, 3.05) is 5.75 Å². The second-order valence-corrected chi connectivity index (χ2v) is 7.91. The minimum atomic E-state index is -0.358. The second kappa shape index (κ2) is 9.13. The Bertz CT molecular complexity index is 1170. The van der Waals surface area contributed by atoms with Crippen LogP contribution in [0.15, 0.2) is 72.1 Å². The van der Waals surface area contributed by atoms with Gasteiger partial charge in [-0.15, -0.1) is 10.2 Å². The first-order valence-corrected chi connectivity index (χ1v) is 10.6. The van der Waals surface area contributed by atoms with Gasteiger partial charge in [0.2, 0.25) is 5.91 Å². The zero-order chi connectivity index (χ0) is 21.8. The van der Waals surface area contributed by atoms with Crippen molar-refractivity contribution in [2.45, 2.75) is 11.2 Å². The van der Waals surface area contributed by atoms with E-state index in [0.29, 0.717) is 11.0 Å². The molecule has 0 saturated carbocycles. The summed E-state index contributed by atoms with van der Waals surface area (Å²) in [6, 6.07) is 15.4. The summed E-state index contributed by atoms with van der Waals surface area (Å²) in [4.78, 5) is 17.2. The molecular formula is C22H21FN6OS. The largest absolute Gasteiger partial charge is 0.341 e. The molecule has 0 spiro atoms. The number of thioether (sulfide) groups is 1. The first-order valence-electron chi connectivity index (χ1n) is 9.62. The predicted molar refractivity (Wildman–Crippen MR) is 117 cm³/mol. The van der Waals surface area contributed by atoms with Crippen molar-refractivity contribution in [3.63, 3.8) is 0 Å². The van der Waals surface area contributed by atoms with E-state index >= 15 is 0 Å². The molecule has 2 aromatic carbocycles. The van der Waals surface area contributed by atoms with Crippen LogP contribution >= 0.6 is 11.8 Å². The van der Waals surface area contributed by atoms with Gasteiger partial charge in [0, 0.05) is 32.1 Å². The van der Waals surface area contributed by atoms with Crippen LogP contribution in [-0.4, -0.2) is 36.0 Å². The number of carbonyl (C=O) groups excluding carboxylic acids is 1. The number of nitrogens with one attached hydrogen (secondary N) is 1. The molecule has 7 nitrogen and oxygen atoms in total. The van der Waals surface area contributed by atoms with Crippen molar-refractivity contribution >= 4 is 17.7 Å². The fourth-order valence-electron chi connectivity index (χ4n) is 3.22. The Kier molecular flexibility index (Phi) is 6.13. The zero-order valence-electron chi connectivity index (χ0n) is 17.1. The summed E-state index contributed by atoms with van der Waals surface area (Å²) < 4.78 is 16.9. The molecule has 4 rings (SSSR count). The maximum absolute atomic E-state index is 13.2. The van der Waals surface area contributed by atoms with E-state index in [2.05, 4.69) is 20.5 Å².